The van der Waals surface area contributed by atoms with Crippen molar-refractivity contribution < 1.29 is 0 Å². The molecule has 0 saturated carbocycles. The topological polar surface area (TPSA) is 30.2 Å². The number of rotatable bonds is 0. The molecule has 0 aliphatic heterocycles. The van der Waals surface area contributed by atoms with Crippen molar-refractivity contribution in [2.75, 3.05) is 0 Å². The maximum absolute atomic E-state index is 4.04. The van der Waals surface area contributed by atoms with Crippen LogP contribution >= 0.6 is 12.4 Å². The summed E-state index contributed by atoms with van der Waals surface area (Å²) in [5.41, 5.74) is 0.887. The third kappa shape index (κ3) is 0.953. The minimum absolute atomic E-state index is 0. The van der Waals surface area contributed by atoms with Gasteiger partial charge in [0.1, 0.15) is 6.33 Å². The second kappa shape index (κ2) is 2.66. The number of fused-ring (bicyclic) bond motifs is 1. The summed E-state index contributed by atoms with van der Waals surface area (Å²) in [6, 6.07) is 1.87. The number of hydrogen-bond donors (Lipinski definition) is 0. The Kier molecular flexibility index (Phi) is 1.87. The van der Waals surface area contributed by atoms with E-state index in [1.807, 2.05) is 16.7 Å². The zero-order chi connectivity index (χ0) is 6.10. The summed E-state index contributed by atoms with van der Waals surface area (Å²) in [5, 5.41) is 0. The highest BCUT2D eigenvalue weighted by molar-refractivity contribution is 5.85. The van der Waals surface area contributed by atoms with E-state index in [-0.39, 0.29) is 12.4 Å². The van der Waals surface area contributed by atoms with Gasteiger partial charge in [-0.25, -0.2) is 9.97 Å². The van der Waals surface area contributed by atoms with Crippen molar-refractivity contribution in [2.24, 2.45) is 0 Å². The molecule has 0 atom stereocenters. The van der Waals surface area contributed by atoms with Crippen LogP contribution in [0.4, 0.5) is 0 Å². The van der Waals surface area contributed by atoms with Gasteiger partial charge < -0.3 is 0 Å². The van der Waals surface area contributed by atoms with Crippen LogP contribution in [0, 0.1) is 0 Å². The number of imidazole rings is 1. The first kappa shape index (κ1) is 7.02. The standard InChI is InChI=1S/C6H5N3.ClH/c1-2-8-6-4-7-5-9(6)3-1;/h1-5H;1H. The average molecular weight is 156 g/mol. The Labute approximate surface area is 64.1 Å². The molecular formula is C6H6ClN3. The third-order valence-electron chi connectivity index (χ3n) is 1.19. The minimum Gasteiger partial charge on any atom is -0.291 e. The van der Waals surface area contributed by atoms with E-state index in [1.54, 1.807) is 18.7 Å². The first-order valence-corrected chi connectivity index (χ1v) is 2.69. The lowest BCUT2D eigenvalue weighted by molar-refractivity contribution is 1.11. The molecule has 2 aromatic heterocycles. The molecule has 52 valence electrons. The molecule has 0 aliphatic carbocycles. The van der Waals surface area contributed by atoms with Gasteiger partial charge in [0.25, 0.3) is 0 Å². The maximum Gasteiger partial charge on any atom is 0.156 e. The average Bonchev–Trinajstić information content (AvgIpc) is 2.33. The van der Waals surface area contributed by atoms with Crippen molar-refractivity contribution in [3.05, 3.63) is 31.0 Å². The van der Waals surface area contributed by atoms with E-state index in [0.29, 0.717) is 0 Å². The lowest BCUT2D eigenvalue weighted by atomic mass is 10.6. The lowest BCUT2D eigenvalue weighted by Crippen LogP contribution is -1.80. The molecule has 3 nitrogen and oxygen atoms in total. The van der Waals surface area contributed by atoms with Gasteiger partial charge in [-0.1, -0.05) is 0 Å². The van der Waals surface area contributed by atoms with E-state index in [1.165, 1.54) is 0 Å². The molecular weight excluding hydrogens is 150 g/mol. The van der Waals surface area contributed by atoms with Crippen LogP contribution in [0.3, 0.4) is 0 Å². The largest absolute Gasteiger partial charge is 0.291 e. The van der Waals surface area contributed by atoms with Gasteiger partial charge in [-0.3, -0.25) is 4.40 Å². The summed E-state index contributed by atoms with van der Waals surface area (Å²) in [6.07, 6.45) is 7.11. The molecule has 10 heavy (non-hydrogen) atoms. The minimum atomic E-state index is 0. The van der Waals surface area contributed by atoms with E-state index < -0.39 is 0 Å². The molecule has 0 radical (unpaired) electrons. The molecule has 2 aromatic rings. The Morgan fingerprint density at radius 2 is 2.30 bits per heavy atom. The van der Waals surface area contributed by atoms with Gasteiger partial charge in [-0.15, -0.1) is 12.4 Å². The number of nitrogens with zero attached hydrogens (tertiary/aromatic N) is 3. The van der Waals surface area contributed by atoms with Gasteiger partial charge in [0.15, 0.2) is 5.65 Å². The fraction of sp³-hybridized carbons (Fsp3) is 0. The molecule has 0 aromatic carbocycles. The van der Waals surface area contributed by atoms with Crippen LogP contribution in [0.2, 0.25) is 0 Å². The molecule has 2 heterocycles. The van der Waals surface area contributed by atoms with Gasteiger partial charge in [0.2, 0.25) is 0 Å². The molecule has 0 bridgehead atoms. The summed E-state index contributed by atoms with van der Waals surface area (Å²) in [7, 11) is 0. The number of halogens is 1. The highest BCUT2D eigenvalue weighted by atomic mass is 35.5. The van der Waals surface area contributed by atoms with Crippen molar-refractivity contribution in [3.8, 4) is 0 Å². The summed E-state index contributed by atoms with van der Waals surface area (Å²) < 4.78 is 1.86. The second-order valence-electron chi connectivity index (χ2n) is 1.78. The van der Waals surface area contributed by atoms with Crippen LogP contribution in [-0.2, 0) is 0 Å². The fourth-order valence-electron chi connectivity index (χ4n) is 0.763. The molecule has 0 unspecified atom stereocenters. The van der Waals surface area contributed by atoms with E-state index in [9.17, 15) is 0 Å². The first-order valence-electron chi connectivity index (χ1n) is 2.69. The monoisotopic (exact) mass is 155 g/mol. The van der Waals surface area contributed by atoms with Crippen LogP contribution in [0.25, 0.3) is 5.65 Å². The van der Waals surface area contributed by atoms with Gasteiger partial charge >= 0.3 is 0 Å². The van der Waals surface area contributed by atoms with E-state index in [4.69, 9.17) is 0 Å². The Hall–Kier alpha value is -1.09. The quantitative estimate of drug-likeness (QED) is 0.572. The number of hydrogen-bond acceptors (Lipinski definition) is 2. The predicted octanol–water partition coefficient (Wildman–Crippen LogP) is 1.15. The van der Waals surface area contributed by atoms with Crippen LogP contribution in [-0.4, -0.2) is 14.4 Å². The maximum atomic E-state index is 4.04. The zero-order valence-electron chi connectivity index (χ0n) is 5.14. The second-order valence-corrected chi connectivity index (χ2v) is 1.78. The predicted molar refractivity (Wildman–Crippen MR) is 40.2 cm³/mol. The Morgan fingerprint density at radius 1 is 1.40 bits per heavy atom. The normalized spacial score (nSPS) is 9.20. The third-order valence-corrected chi connectivity index (χ3v) is 1.19. The summed E-state index contributed by atoms with van der Waals surface area (Å²) in [4.78, 5) is 7.94. The van der Waals surface area contributed by atoms with Crippen molar-refractivity contribution in [1.29, 1.82) is 0 Å². The molecule has 0 fully saturated rings. The van der Waals surface area contributed by atoms with Gasteiger partial charge in [0.05, 0.1) is 6.20 Å². The summed E-state index contributed by atoms with van der Waals surface area (Å²) in [5.74, 6) is 0. The SMILES string of the molecule is Cl.c1cnc2cncn2c1. The Bertz CT molecular complexity index is 287. The van der Waals surface area contributed by atoms with Gasteiger partial charge in [0, 0.05) is 12.4 Å². The molecule has 0 N–H and O–H groups in total. The molecule has 2 rings (SSSR count). The van der Waals surface area contributed by atoms with Crippen LogP contribution < -0.4 is 0 Å². The van der Waals surface area contributed by atoms with Crippen LogP contribution in [0.5, 0.6) is 0 Å². The van der Waals surface area contributed by atoms with Gasteiger partial charge in [-0.2, -0.15) is 0 Å². The smallest absolute Gasteiger partial charge is 0.156 e. The van der Waals surface area contributed by atoms with Crippen molar-refractivity contribution in [3.63, 3.8) is 0 Å². The molecule has 0 spiro atoms. The van der Waals surface area contributed by atoms with Crippen molar-refractivity contribution >= 4 is 18.1 Å². The van der Waals surface area contributed by atoms with E-state index >= 15 is 0 Å². The van der Waals surface area contributed by atoms with Gasteiger partial charge in [-0.05, 0) is 6.07 Å². The number of aromatic nitrogens is 3. The molecule has 0 saturated heterocycles. The molecule has 4 heteroatoms. The van der Waals surface area contributed by atoms with Crippen LogP contribution in [0.1, 0.15) is 0 Å². The van der Waals surface area contributed by atoms with Crippen molar-refractivity contribution in [2.45, 2.75) is 0 Å². The summed E-state index contributed by atoms with van der Waals surface area (Å²) >= 11 is 0. The van der Waals surface area contributed by atoms with E-state index in [2.05, 4.69) is 9.97 Å². The first-order chi connectivity index (χ1) is 4.47. The van der Waals surface area contributed by atoms with E-state index in [0.717, 1.165) is 5.65 Å². The lowest BCUT2D eigenvalue weighted by Gasteiger charge is -1.85. The highest BCUT2D eigenvalue weighted by Gasteiger charge is 1.86. The van der Waals surface area contributed by atoms with Crippen LogP contribution in [0.15, 0.2) is 31.0 Å². The zero-order valence-corrected chi connectivity index (χ0v) is 5.95. The highest BCUT2D eigenvalue weighted by Crippen LogP contribution is 1.93. The summed E-state index contributed by atoms with van der Waals surface area (Å²) in [6.45, 7) is 0. The Morgan fingerprint density at radius 3 is 3.10 bits per heavy atom. The molecule has 0 aliphatic rings. The fourth-order valence-corrected chi connectivity index (χ4v) is 0.763. The molecule has 0 amide bonds. The van der Waals surface area contributed by atoms with Crippen molar-refractivity contribution in [1.82, 2.24) is 14.4 Å². The Balaban J connectivity index is 0.000000500.